The average Bonchev–Trinajstić information content (AvgIpc) is 2.14. The van der Waals surface area contributed by atoms with Crippen LogP contribution in [0.2, 0.25) is 10.0 Å². The van der Waals surface area contributed by atoms with Gasteiger partial charge in [0.25, 0.3) is 10.0 Å². The van der Waals surface area contributed by atoms with Gasteiger partial charge in [-0.3, -0.25) is 0 Å². The maximum atomic E-state index is 11.4. The Morgan fingerprint density at radius 2 is 1.88 bits per heavy atom. The van der Waals surface area contributed by atoms with Crippen molar-refractivity contribution in [2.75, 3.05) is 0 Å². The topological polar surface area (TPSA) is 72.5 Å². The van der Waals surface area contributed by atoms with Gasteiger partial charge in [0.15, 0.2) is 0 Å². The summed E-state index contributed by atoms with van der Waals surface area (Å²) in [5.41, 5.74) is 5.61. The highest BCUT2D eigenvalue weighted by atomic mass is 35.5. The molecule has 0 aliphatic rings. The molecule has 0 fully saturated rings. The summed E-state index contributed by atoms with van der Waals surface area (Å²) < 4.78 is 26.1. The van der Waals surface area contributed by atoms with Crippen LogP contribution < -0.4 is 5.73 Å². The summed E-state index contributed by atoms with van der Waals surface area (Å²) in [4.78, 5) is 0. The summed E-state index contributed by atoms with van der Waals surface area (Å²) in [6, 6.07) is 4.88. The predicted molar refractivity (Wildman–Crippen MR) is 71.7 cm³/mol. The second-order valence-electron chi connectivity index (χ2n) is 3.19. The molecule has 0 saturated carbocycles. The summed E-state index contributed by atoms with van der Waals surface area (Å²) in [5, 5.41) is 1.62. The molecule has 1 aromatic carbocycles. The van der Waals surface area contributed by atoms with Crippen molar-refractivity contribution in [1.29, 1.82) is 0 Å². The molecule has 0 heterocycles. The molecule has 0 saturated heterocycles. The van der Waals surface area contributed by atoms with Gasteiger partial charge < -0.3 is 5.73 Å². The molecule has 0 spiro atoms. The van der Waals surface area contributed by atoms with Crippen molar-refractivity contribution in [1.82, 2.24) is 0 Å². The molecule has 92 valence electrons. The maximum absolute atomic E-state index is 11.4. The summed E-state index contributed by atoms with van der Waals surface area (Å²) in [6.07, 6.45) is 1.28. The monoisotopic (exact) mass is 292 g/mol. The lowest BCUT2D eigenvalue weighted by Gasteiger charge is -2.00. The summed E-state index contributed by atoms with van der Waals surface area (Å²) >= 11 is 11.7. The SMILES string of the molecule is C/C(N)=N/S(=O)(=O)/C=C/c1c(Cl)cccc1Cl. The van der Waals surface area contributed by atoms with Gasteiger partial charge in [0.05, 0.1) is 5.41 Å². The molecule has 2 N–H and O–H groups in total. The van der Waals surface area contributed by atoms with E-state index in [1.54, 1.807) is 18.2 Å². The third-order valence-electron chi connectivity index (χ3n) is 1.68. The third-order valence-corrected chi connectivity index (χ3v) is 3.36. The van der Waals surface area contributed by atoms with Gasteiger partial charge in [0.2, 0.25) is 0 Å². The quantitative estimate of drug-likeness (QED) is 0.688. The molecular formula is C10H10Cl2N2O2S. The van der Waals surface area contributed by atoms with Crippen LogP contribution in [0.1, 0.15) is 12.5 Å². The number of hydrogen-bond acceptors (Lipinski definition) is 2. The van der Waals surface area contributed by atoms with E-state index < -0.39 is 10.0 Å². The Balaban J connectivity index is 3.12. The van der Waals surface area contributed by atoms with Gasteiger partial charge in [-0.25, -0.2) is 0 Å². The fraction of sp³-hybridized carbons (Fsp3) is 0.100. The molecule has 4 nitrogen and oxygen atoms in total. The normalized spacial score (nSPS) is 13.2. The van der Waals surface area contributed by atoms with E-state index in [4.69, 9.17) is 28.9 Å². The molecule has 0 unspecified atom stereocenters. The minimum Gasteiger partial charge on any atom is -0.387 e. The van der Waals surface area contributed by atoms with Crippen LogP contribution in [0.25, 0.3) is 6.08 Å². The number of rotatable bonds is 3. The number of nitrogens with two attached hydrogens (primary N) is 1. The Morgan fingerprint density at radius 3 is 2.35 bits per heavy atom. The first-order valence-corrected chi connectivity index (χ1v) is 6.77. The van der Waals surface area contributed by atoms with Gasteiger partial charge in [-0.15, -0.1) is 4.40 Å². The lowest BCUT2D eigenvalue weighted by atomic mass is 10.2. The second-order valence-corrected chi connectivity index (χ2v) is 5.48. The Kier molecular flexibility index (Phi) is 4.56. The van der Waals surface area contributed by atoms with Crippen molar-refractivity contribution in [2.24, 2.45) is 10.1 Å². The van der Waals surface area contributed by atoms with Crippen LogP contribution in [0.5, 0.6) is 0 Å². The molecule has 0 radical (unpaired) electrons. The van der Waals surface area contributed by atoms with E-state index >= 15 is 0 Å². The fourth-order valence-electron chi connectivity index (χ4n) is 1.06. The van der Waals surface area contributed by atoms with Crippen LogP contribution in [0.15, 0.2) is 28.0 Å². The van der Waals surface area contributed by atoms with Crippen molar-refractivity contribution in [3.8, 4) is 0 Å². The molecule has 0 bridgehead atoms. The van der Waals surface area contributed by atoms with Crippen molar-refractivity contribution >= 4 is 45.1 Å². The predicted octanol–water partition coefficient (Wildman–Crippen LogP) is 2.67. The highest BCUT2D eigenvalue weighted by Crippen LogP contribution is 2.25. The van der Waals surface area contributed by atoms with Crippen LogP contribution in [-0.2, 0) is 10.0 Å². The Morgan fingerprint density at radius 1 is 1.35 bits per heavy atom. The highest BCUT2D eigenvalue weighted by molar-refractivity contribution is 7.93. The van der Waals surface area contributed by atoms with Gasteiger partial charge >= 0.3 is 0 Å². The Hall–Kier alpha value is -1.04. The standard InChI is InChI=1S/C10H10Cl2N2O2S/c1-7(13)14-17(15,16)6-5-8-9(11)3-2-4-10(8)12/h2-6H,1H3,(H2,13,14)/b6-5+. The lowest BCUT2D eigenvalue weighted by Crippen LogP contribution is -2.08. The van der Waals surface area contributed by atoms with Crippen LogP contribution >= 0.6 is 23.2 Å². The summed E-state index contributed by atoms with van der Waals surface area (Å²) in [6.45, 7) is 1.38. The lowest BCUT2D eigenvalue weighted by molar-refractivity contribution is 0.606. The van der Waals surface area contributed by atoms with Gasteiger partial charge in [-0.05, 0) is 25.1 Å². The third kappa shape index (κ3) is 4.38. The van der Waals surface area contributed by atoms with E-state index in [0.717, 1.165) is 5.41 Å². The number of nitrogens with zero attached hydrogens (tertiary/aromatic N) is 1. The first-order valence-electron chi connectivity index (χ1n) is 4.51. The maximum Gasteiger partial charge on any atom is 0.277 e. The van der Waals surface area contributed by atoms with E-state index in [2.05, 4.69) is 4.40 Å². The van der Waals surface area contributed by atoms with Crippen LogP contribution in [0, 0.1) is 0 Å². The van der Waals surface area contributed by atoms with Crippen LogP contribution in [0.3, 0.4) is 0 Å². The van der Waals surface area contributed by atoms with Gasteiger partial charge in [-0.1, -0.05) is 29.3 Å². The number of sulfonamides is 1. The number of amidine groups is 1. The summed E-state index contributed by atoms with van der Waals surface area (Å²) in [5.74, 6) is -0.0418. The molecule has 0 amide bonds. The summed E-state index contributed by atoms with van der Waals surface area (Å²) in [7, 11) is -3.75. The first-order chi connectivity index (χ1) is 7.82. The minimum atomic E-state index is -3.75. The second kappa shape index (κ2) is 5.53. The molecule has 1 rings (SSSR count). The van der Waals surface area contributed by atoms with Crippen LogP contribution in [-0.4, -0.2) is 14.3 Å². The molecule has 0 aromatic heterocycles. The Labute approximate surface area is 110 Å². The van der Waals surface area contributed by atoms with Gasteiger partial charge in [-0.2, -0.15) is 8.42 Å². The zero-order chi connectivity index (χ0) is 13.1. The van der Waals surface area contributed by atoms with Crippen molar-refractivity contribution in [2.45, 2.75) is 6.92 Å². The van der Waals surface area contributed by atoms with E-state index in [0.29, 0.717) is 15.6 Å². The van der Waals surface area contributed by atoms with Crippen LogP contribution in [0.4, 0.5) is 0 Å². The fourth-order valence-corrected chi connectivity index (χ4v) is 2.35. The number of hydrogen-bond donors (Lipinski definition) is 1. The molecule has 7 heteroatoms. The van der Waals surface area contributed by atoms with E-state index in [1.165, 1.54) is 13.0 Å². The zero-order valence-corrected chi connectivity index (χ0v) is 11.2. The van der Waals surface area contributed by atoms with Crippen molar-refractivity contribution in [3.63, 3.8) is 0 Å². The Bertz CT molecular complexity index is 556. The minimum absolute atomic E-state index is 0.0418. The average molecular weight is 293 g/mol. The molecule has 1 aromatic rings. The molecule has 17 heavy (non-hydrogen) atoms. The number of halogens is 2. The zero-order valence-electron chi connectivity index (χ0n) is 8.89. The largest absolute Gasteiger partial charge is 0.387 e. The van der Waals surface area contributed by atoms with Crippen molar-refractivity contribution < 1.29 is 8.42 Å². The highest BCUT2D eigenvalue weighted by Gasteiger charge is 2.05. The smallest absolute Gasteiger partial charge is 0.277 e. The van der Waals surface area contributed by atoms with E-state index in [-0.39, 0.29) is 5.84 Å². The van der Waals surface area contributed by atoms with Gasteiger partial charge in [0, 0.05) is 15.6 Å². The molecule has 0 aliphatic carbocycles. The van der Waals surface area contributed by atoms with Gasteiger partial charge in [0.1, 0.15) is 5.84 Å². The van der Waals surface area contributed by atoms with E-state index in [1.807, 2.05) is 0 Å². The van der Waals surface area contributed by atoms with E-state index in [9.17, 15) is 8.42 Å². The first kappa shape index (κ1) is 14.0. The number of benzene rings is 1. The molecule has 0 atom stereocenters. The molecular weight excluding hydrogens is 283 g/mol. The van der Waals surface area contributed by atoms with Crippen molar-refractivity contribution in [3.05, 3.63) is 39.2 Å². The molecule has 0 aliphatic heterocycles.